The monoisotopic (exact) mass is 1640 g/mol. The zero-order chi connectivity index (χ0) is 81.0. The van der Waals surface area contributed by atoms with Gasteiger partial charge in [-0.05, 0) is 214 Å². The average molecular weight is 1640 g/mol. The van der Waals surface area contributed by atoms with Gasteiger partial charge in [0.15, 0.2) is 46.0 Å². The fraction of sp³-hybridized carbons (Fsp3) is 0.617. The van der Waals surface area contributed by atoms with Crippen LogP contribution in [0.1, 0.15) is 249 Å². The fourth-order valence-corrected chi connectivity index (χ4v) is 23.3. The molecule has 8 aliphatic rings. The number of hydrogen-bond donors (Lipinski definition) is 0. The molecule has 16 nitrogen and oxygen atoms in total. The number of hydrogen-bond acceptors (Lipinski definition) is 16. The molecule has 0 amide bonds. The van der Waals surface area contributed by atoms with Crippen LogP contribution in [0.2, 0.25) is 0 Å². The molecule has 4 unspecified atom stereocenters. The lowest BCUT2D eigenvalue weighted by molar-refractivity contribution is -0.0134. The van der Waals surface area contributed by atoms with Gasteiger partial charge in [-0.25, -0.2) is 0 Å². The van der Waals surface area contributed by atoms with Crippen LogP contribution in [0.15, 0.2) is 121 Å². The van der Waals surface area contributed by atoms with Crippen molar-refractivity contribution in [2.24, 2.45) is 71.0 Å². The third kappa shape index (κ3) is 22.4. The van der Waals surface area contributed by atoms with Crippen LogP contribution in [0.4, 0.5) is 0 Å². The number of rotatable bonds is 30. The molecule has 4 aliphatic heterocycles. The van der Waals surface area contributed by atoms with Gasteiger partial charge in [0.1, 0.15) is 33.9 Å². The highest BCUT2D eigenvalue weighted by atomic mass is 31.2. The fourth-order valence-electron chi connectivity index (χ4n) is 18.5. The smallest absolute Gasteiger partial charge is 0.483 e. The highest BCUT2D eigenvalue weighted by Gasteiger charge is 2.45. The van der Waals surface area contributed by atoms with E-state index in [9.17, 15) is 0 Å². The summed E-state index contributed by atoms with van der Waals surface area (Å²) in [6.07, 6.45) is 17.7. The lowest BCUT2D eigenvalue weighted by atomic mass is 9.75. The van der Waals surface area contributed by atoms with Gasteiger partial charge >= 0.3 is 34.4 Å². The Bertz CT molecular complexity index is 3940. The third-order valence-corrected chi connectivity index (χ3v) is 29.1. The topological polar surface area (TPSA) is 148 Å². The first kappa shape index (κ1) is 86.6. The van der Waals surface area contributed by atoms with Gasteiger partial charge in [-0.2, -0.15) is 0 Å². The summed E-state index contributed by atoms with van der Waals surface area (Å²) in [5, 5.41) is 0. The molecule has 0 spiro atoms. The highest BCUT2D eigenvalue weighted by Crippen LogP contribution is 2.59. The van der Waals surface area contributed by atoms with Crippen LogP contribution in [0.3, 0.4) is 0 Å². The van der Waals surface area contributed by atoms with E-state index in [4.69, 9.17) is 73.2 Å². The van der Waals surface area contributed by atoms with E-state index in [0.717, 1.165) is 90.5 Å². The second-order valence-corrected chi connectivity index (χ2v) is 42.5. The summed E-state index contributed by atoms with van der Waals surface area (Å²) in [6, 6.07) is 39.6. The van der Waals surface area contributed by atoms with Crippen molar-refractivity contribution in [1.29, 1.82) is 0 Å². The van der Waals surface area contributed by atoms with E-state index in [1.165, 1.54) is 51.4 Å². The maximum Gasteiger partial charge on any atom is 0.530 e. The van der Waals surface area contributed by atoms with Crippen LogP contribution in [-0.4, -0.2) is 46.8 Å². The molecule has 4 heterocycles. The summed E-state index contributed by atoms with van der Waals surface area (Å²) < 4.78 is 108. The molecule has 6 aromatic carbocycles. The Morgan fingerprint density at radius 1 is 0.298 bits per heavy atom. The Hall–Kier alpha value is -5.20. The highest BCUT2D eigenvalue weighted by molar-refractivity contribution is 7.43. The first-order valence-corrected chi connectivity index (χ1v) is 47.2. The second kappa shape index (κ2) is 37.6. The molecule has 0 radical (unpaired) electrons. The molecule has 0 saturated heterocycles. The summed E-state index contributed by atoms with van der Waals surface area (Å²) in [7, 11) is -7.40. The van der Waals surface area contributed by atoms with Crippen LogP contribution >= 0.6 is 34.4 Å². The van der Waals surface area contributed by atoms with E-state index in [1.807, 2.05) is 72.8 Å². The van der Waals surface area contributed by atoms with Gasteiger partial charge in [0.25, 0.3) is 0 Å². The summed E-state index contributed by atoms with van der Waals surface area (Å²) in [5.74, 6) is 13.0. The van der Waals surface area contributed by atoms with Crippen molar-refractivity contribution in [3.63, 3.8) is 0 Å². The largest absolute Gasteiger partial charge is 0.530 e. The first-order chi connectivity index (χ1) is 54.3. The molecule has 20 heteroatoms. The molecule has 624 valence electrons. The minimum Gasteiger partial charge on any atom is -0.483 e. The minimum atomic E-state index is -2.12. The molecule has 0 aromatic heterocycles. The summed E-state index contributed by atoms with van der Waals surface area (Å²) >= 11 is 0. The Morgan fingerprint density at radius 2 is 0.544 bits per heavy atom. The molecular formula is C94H132O16P4. The molecule has 6 aromatic rings. The number of ether oxygens (including phenoxy) is 4. The lowest BCUT2D eigenvalue weighted by Crippen LogP contribution is -2.36. The van der Waals surface area contributed by atoms with E-state index in [-0.39, 0.29) is 53.4 Å². The minimum absolute atomic E-state index is 0.0733. The molecule has 14 atom stereocenters. The molecule has 0 bridgehead atoms. The van der Waals surface area contributed by atoms with Crippen molar-refractivity contribution >= 4 is 34.4 Å². The Kier molecular flexibility index (Phi) is 28.6. The van der Waals surface area contributed by atoms with Crippen molar-refractivity contribution in [2.75, 3.05) is 0 Å². The second-order valence-electron chi connectivity index (χ2n) is 38.2. The van der Waals surface area contributed by atoms with E-state index >= 15 is 0 Å². The Morgan fingerprint density at radius 3 is 0.842 bits per heavy atom. The zero-order valence-electron chi connectivity index (χ0n) is 71.8. The molecular weight excluding hydrogens is 1510 g/mol. The summed E-state index contributed by atoms with van der Waals surface area (Å²) in [5.41, 5.74) is 4.50. The van der Waals surface area contributed by atoms with Crippen LogP contribution in [0.5, 0.6) is 57.5 Å². The number of fused-ring (bicyclic) bond motifs is 4. The van der Waals surface area contributed by atoms with Crippen LogP contribution in [-0.2, 0) is 66.0 Å². The average Bonchev–Trinajstić information content (AvgIpc) is 1.02. The van der Waals surface area contributed by atoms with E-state index in [2.05, 4.69) is 187 Å². The van der Waals surface area contributed by atoms with Gasteiger partial charge in [0, 0.05) is 59.1 Å². The van der Waals surface area contributed by atoms with Gasteiger partial charge in [-0.3, -0.25) is 13.6 Å². The molecule has 4 aliphatic carbocycles. The number of benzene rings is 6. The predicted molar refractivity (Wildman–Crippen MR) is 458 cm³/mol. The molecule has 14 rings (SSSR count). The van der Waals surface area contributed by atoms with Crippen LogP contribution < -0.4 is 46.1 Å². The van der Waals surface area contributed by atoms with E-state index in [1.54, 1.807) is 0 Å². The van der Waals surface area contributed by atoms with Gasteiger partial charge in [-0.15, -0.1) is 0 Å². The lowest BCUT2D eigenvalue weighted by Gasteiger charge is -2.41. The van der Waals surface area contributed by atoms with Crippen molar-refractivity contribution in [3.05, 3.63) is 155 Å². The Labute approximate surface area is 688 Å². The maximum absolute atomic E-state index is 7.11. The van der Waals surface area contributed by atoms with Gasteiger partial charge < -0.3 is 59.7 Å². The normalized spacial score (nSPS) is 26.8. The van der Waals surface area contributed by atoms with Crippen molar-refractivity contribution in [3.8, 4) is 57.5 Å². The maximum atomic E-state index is 7.11. The summed E-state index contributed by atoms with van der Waals surface area (Å²) in [4.78, 5) is 0. The van der Waals surface area contributed by atoms with E-state index in [0.29, 0.717) is 129 Å². The van der Waals surface area contributed by atoms with Crippen molar-refractivity contribution < 1.29 is 73.2 Å². The molecule has 4 fully saturated rings. The van der Waals surface area contributed by atoms with Crippen LogP contribution in [0.25, 0.3) is 0 Å². The van der Waals surface area contributed by atoms with Crippen LogP contribution in [0, 0.1) is 71.0 Å². The van der Waals surface area contributed by atoms with E-state index < -0.39 is 34.4 Å². The van der Waals surface area contributed by atoms with Crippen molar-refractivity contribution in [1.82, 2.24) is 0 Å². The molecule has 0 N–H and O–H groups in total. The molecule has 4 saturated carbocycles. The van der Waals surface area contributed by atoms with Gasteiger partial charge in [0.05, 0.1) is 37.6 Å². The van der Waals surface area contributed by atoms with Gasteiger partial charge in [-0.1, -0.05) is 194 Å². The summed E-state index contributed by atoms with van der Waals surface area (Å²) in [6.45, 7) is 45.2. The standard InChI is InChI=1S/C47H50O10P2.C47H82O6P2/c1-44(2)25-30-16-11-21-36(40(30)49-44)54-58(55-37-22-12-17-31-26-45(3,4)50-41(31)37)48-29-34-15-9-10-20-35(34)53-59(56-38-23-13-18-32-27-46(5,6)51-42(32)38)57-39-24-14-19-33-28-47(7,8)52-43(33)39;1-30(2)39-21-17-34(9)25-44(39)50-54(51-45-26-35(10)18-22-40(45)31(3)4)48-29-38-15-13-14-16-43(38)49-55(52-46-27-36(11)19-23-41(46)32(5)6)53-47-28-37(12)20-24-42(47)33(7)8/h9-24H,25-29H2,1-8H3;13-16,30-37,39-42,44-47H,17-29H2,1-12H3/t;34-,35-,36-,37-,39+,40?,41+,42?,44-,45-,46-,47-,54?,55?/m.1/s1. The Balaban J connectivity index is 0.000000200. The first-order valence-electron chi connectivity index (χ1n) is 42.9. The number of para-hydroxylation sites is 6. The van der Waals surface area contributed by atoms with Crippen molar-refractivity contribution in [2.45, 2.75) is 301 Å². The third-order valence-electron chi connectivity index (χ3n) is 24.6. The SMILES string of the molecule is CC(C)C1CC[C@@H](C)C[C@H]1OP(OCc1ccccc1OP(O[C@@H]1C[C@H](C)CCC1C(C)C)O[C@@H]1C[C@H](C)CC[C@H]1C(C)C)O[C@@H]1C[C@H](C)CC[C@H]1C(C)C.CC1(C)Cc2cccc(OP(OCc3ccccc3OP(Oc3cccc4c3OC(C)(C)C4)Oc3cccc4c3OC(C)(C)C4)Oc3cccc4c3OC(C)(C)C4)c2O1. The zero-order valence-corrected chi connectivity index (χ0v) is 75.4. The predicted octanol–water partition coefficient (Wildman–Crippen LogP) is 27.2. The molecule has 114 heavy (non-hydrogen) atoms. The van der Waals surface area contributed by atoms with Gasteiger partial charge in [0.2, 0.25) is 0 Å². The quantitative estimate of drug-likeness (QED) is 0.0394.